The first-order valence-electron chi connectivity index (χ1n) is 5.39. The van der Waals surface area contributed by atoms with Gasteiger partial charge >= 0.3 is 0 Å². The van der Waals surface area contributed by atoms with E-state index in [9.17, 15) is 10.1 Å². The van der Waals surface area contributed by atoms with Crippen molar-refractivity contribution >= 4 is 23.1 Å². The lowest BCUT2D eigenvalue weighted by molar-refractivity contribution is -0.384. The number of nitrogens with zero attached hydrogens (tertiary/aromatic N) is 1. The Morgan fingerprint density at radius 3 is 1.94 bits per heavy atom. The highest BCUT2D eigenvalue weighted by Crippen LogP contribution is 2.29. The van der Waals surface area contributed by atoms with E-state index in [4.69, 9.17) is 0 Å². The topological polar surface area (TPSA) is 55.2 Å². The van der Waals surface area contributed by atoms with Crippen LogP contribution in [0.15, 0.2) is 58.3 Å². The predicted molar refractivity (Wildman–Crippen MR) is 73.2 cm³/mol. The molecule has 0 spiro atoms. The first-order valence-corrected chi connectivity index (χ1v) is 6.21. The number of nitrogens with one attached hydrogen (secondary N) is 1. The molecule has 1 N–H and O–H groups in total. The lowest BCUT2D eigenvalue weighted by Gasteiger charge is -2.03. The van der Waals surface area contributed by atoms with Gasteiger partial charge in [0.05, 0.1) is 4.92 Å². The Hall–Kier alpha value is -2.01. The second-order valence-corrected chi connectivity index (χ2v) is 4.77. The Labute approximate surface area is 109 Å². The fourth-order valence-corrected chi connectivity index (χ4v) is 2.28. The van der Waals surface area contributed by atoms with Gasteiger partial charge < -0.3 is 5.32 Å². The smallest absolute Gasteiger partial charge is 0.269 e. The molecule has 92 valence electrons. The van der Waals surface area contributed by atoms with Crippen LogP contribution in [-0.4, -0.2) is 12.0 Å². The molecule has 0 aliphatic heterocycles. The molecule has 0 unspecified atom stereocenters. The van der Waals surface area contributed by atoms with Crippen LogP contribution in [0.4, 0.5) is 11.4 Å². The van der Waals surface area contributed by atoms with Crippen molar-refractivity contribution in [3.8, 4) is 0 Å². The van der Waals surface area contributed by atoms with Crippen LogP contribution >= 0.6 is 11.8 Å². The summed E-state index contributed by atoms with van der Waals surface area (Å²) in [5, 5.41) is 13.6. The standard InChI is InChI=1S/C13H12N2O2S/c1-14-10-2-6-12(7-3-10)18-13-8-4-11(5-9-13)15(16)17/h2-9,14H,1H3. The summed E-state index contributed by atoms with van der Waals surface area (Å²) in [6, 6.07) is 14.6. The number of nitro benzene ring substituents is 1. The fraction of sp³-hybridized carbons (Fsp3) is 0.0769. The molecule has 0 aliphatic carbocycles. The Balaban J connectivity index is 2.10. The number of benzene rings is 2. The Kier molecular flexibility index (Phi) is 3.84. The number of anilines is 1. The van der Waals surface area contributed by atoms with E-state index in [-0.39, 0.29) is 5.69 Å². The van der Waals surface area contributed by atoms with E-state index in [0.29, 0.717) is 0 Å². The normalized spacial score (nSPS) is 10.1. The van der Waals surface area contributed by atoms with Gasteiger partial charge in [-0.15, -0.1) is 0 Å². The number of hydrogen-bond acceptors (Lipinski definition) is 4. The monoisotopic (exact) mass is 260 g/mol. The largest absolute Gasteiger partial charge is 0.388 e. The van der Waals surface area contributed by atoms with Gasteiger partial charge in [0.1, 0.15) is 0 Å². The van der Waals surface area contributed by atoms with Crippen molar-refractivity contribution in [2.45, 2.75) is 9.79 Å². The molecule has 2 aromatic rings. The van der Waals surface area contributed by atoms with Crippen molar-refractivity contribution in [1.29, 1.82) is 0 Å². The fourth-order valence-electron chi connectivity index (χ4n) is 1.46. The van der Waals surface area contributed by atoms with Crippen molar-refractivity contribution in [3.05, 3.63) is 58.6 Å². The molecular formula is C13H12N2O2S. The van der Waals surface area contributed by atoms with E-state index >= 15 is 0 Å². The van der Waals surface area contributed by atoms with Crippen LogP contribution in [-0.2, 0) is 0 Å². The molecule has 0 aliphatic rings. The summed E-state index contributed by atoms with van der Waals surface area (Å²) >= 11 is 1.58. The zero-order valence-corrected chi connectivity index (χ0v) is 10.6. The number of rotatable bonds is 4. The summed E-state index contributed by atoms with van der Waals surface area (Å²) in [6.45, 7) is 0. The maximum atomic E-state index is 10.5. The maximum Gasteiger partial charge on any atom is 0.269 e. The quantitative estimate of drug-likeness (QED) is 0.671. The van der Waals surface area contributed by atoms with E-state index in [1.807, 2.05) is 31.3 Å². The first-order chi connectivity index (χ1) is 8.69. The first kappa shape index (κ1) is 12.4. The van der Waals surface area contributed by atoms with E-state index in [1.54, 1.807) is 23.9 Å². The van der Waals surface area contributed by atoms with Crippen LogP contribution in [0.25, 0.3) is 0 Å². The number of hydrogen-bond donors (Lipinski definition) is 1. The van der Waals surface area contributed by atoms with Gasteiger partial charge in [0.25, 0.3) is 5.69 Å². The Morgan fingerprint density at radius 2 is 1.50 bits per heavy atom. The van der Waals surface area contributed by atoms with E-state index in [1.165, 1.54) is 12.1 Å². The molecular weight excluding hydrogens is 248 g/mol. The minimum atomic E-state index is -0.393. The third kappa shape index (κ3) is 3.01. The third-order valence-corrected chi connectivity index (χ3v) is 3.44. The van der Waals surface area contributed by atoms with Crippen LogP contribution in [0, 0.1) is 10.1 Å². The molecule has 2 aromatic carbocycles. The molecule has 0 bridgehead atoms. The van der Waals surface area contributed by atoms with Crippen molar-refractivity contribution < 1.29 is 4.92 Å². The summed E-state index contributed by atoms with van der Waals surface area (Å²) in [7, 11) is 1.87. The van der Waals surface area contributed by atoms with E-state index in [2.05, 4.69) is 5.32 Å². The van der Waals surface area contributed by atoms with Crippen molar-refractivity contribution in [2.75, 3.05) is 12.4 Å². The zero-order valence-electron chi connectivity index (χ0n) is 9.79. The van der Waals surface area contributed by atoms with Gasteiger partial charge in [-0.2, -0.15) is 0 Å². The van der Waals surface area contributed by atoms with Crippen LogP contribution < -0.4 is 5.32 Å². The lowest BCUT2D eigenvalue weighted by atomic mass is 10.3. The number of nitro groups is 1. The second kappa shape index (κ2) is 5.55. The lowest BCUT2D eigenvalue weighted by Crippen LogP contribution is -1.87. The molecule has 0 saturated heterocycles. The van der Waals surface area contributed by atoms with Gasteiger partial charge in [-0.25, -0.2) is 0 Å². The van der Waals surface area contributed by atoms with Gasteiger partial charge in [0.15, 0.2) is 0 Å². The van der Waals surface area contributed by atoms with Crippen LogP contribution in [0.5, 0.6) is 0 Å². The maximum absolute atomic E-state index is 10.5. The Morgan fingerprint density at radius 1 is 1.00 bits per heavy atom. The molecule has 0 amide bonds. The van der Waals surface area contributed by atoms with E-state index < -0.39 is 4.92 Å². The summed E-state index contributed by atoms with van der Waals surface area (Å²) in [5.41, 5.74) is 1.17. The zero-order chi connectivity index (χ0) is 13.0. The van der Waals surface area contributed by atoms with E-state index in [0.717, 1.165) is 15.5 Å². The van der Waals surface area contributed by atoms with Gasteiger partial charge in [0, 0.05) is 34.7 Å². The summed E-state index contributed by atoms with van der Waals surface area (Å²) in [5.74, 6) is 0. The van der Waals surface area contributed by atoms with Gasteiger partial charge in [-0.1, -0.05) is 11.8 Å². The minimum absolute atomic E-state index is 0.116. The van der Waals surface area contributed by atoms with Crippen molar-refractivity contribution in [3.63, 3.8) is 0 Å². The van der Waals surface area contributed by atoms with Gasteiger partial charge in [-0.3, -0.25) is 10.1 Å². The third-order valence-electron chi connectivity index (χ3n) is 2.43. The highest BCUT2D eigenvalue weighted by atomic mass is 32.2. The molecule has 0 saturated carbocycles. The molecule has 4 nitrogen and oxygen atoms in total. The highest BCUT2D eigenvalue weighted by Gasteiger charge is 2.04. The SMILES string of the molecule is CNc1ccc(Sc2ccc([N+](=O)[O-])cc2)cc1. The van der Waals surface area contributed by atoms with Crippen LogP contribution in [0.2, 0.25) is 0 Å². The summed E-state index contributed by atoms with van der Waals surface area (Å²) < 4.78 is 0. The van der Waals surface area contributed by atoms with Gasteiger partial charge in [0.2, 0.25) is 0 Å². The molecule has 5 heteroatoms. The molecule has 2 rings (SSSR count). The second-order valence-electron chi connectivity index (χ2n) is 3.63. The van der Waals surface area contributed by atoms with Gasteiger partial charge in [-0.05, 0) is 36.4 Å². The minimum Gasteiger partial charge on any atom is -0.388 e. The van der Waals surface area contributed by atoms with Crippen molar-refractivity contribution in [2.24, 2.45) is 0 Å². The Bertz CT molecular complexity index is 538. The molecule has 18 heavy (non-hydrogen) atoms. The highest BCUT2D eigenvalue weighted by molar-refractivity contribution is 7.99. The van der Waals surface area contributed by atoms with Crippen LogP contribution in [0.3, 0.4) is 0 Å². The molecule has 0 radical (unpaired) electrons. The molecule has 0 atom stereocenters. The molecule has 0 heterocycles. The van der Waals surface area contributed by atoms with Crippen molar-refractivity contribution in [1.82, 2.24) is 0 Å². The predicted octanol–water partition coefficient (Wildman–Crippen LogP) is 3.79. The molecule has 0 aromatic heterocycles. The average Bonchev–Trinajstić information content (AvgIpc) is 2.40. The number of non-ortho nitro benzene ring substituents is 1. The summed E-state index contributed by atoms with van der Waals surface area (Å²) in [6.07, 6.45) is 0. The summed E-state index contributed by atoms with van der Waals surface area (Å²) in [4.78, 5) is 12.2. The molecule has 0 fully saturated rings. The van der Waals surface area contributed by atoms with Crippen LogP contribution in [0.1, 0.15) is 0 Å². The average molecular weight is 260 g/mol.